The van der Waals surface area contributed by atoms with E-state index in [1.807, 2.05) is 6.07 Å². The maximum Gasteiger partial charge on any atom is 0.226 e. The summed E-state index contributed by atoms with van der Waals surface area (Å²) in [6, 6.07) is 16.9. The molecule has 0 aliphatic carbocycles. The van der Waals surface area contributed by atoms with Gasteiger partial charge in [0.1, 0.15) is 0 Å². The highest BCUT2D eigenvalue weighted by atomic mass is 15.3. The molecule has 2 aromatic carbocycles. The topological polar surface area (TPSA) is 29.0 Å². The number of hydrogen-bond donors (Lipinski definition) is 0. The van der Waals surface area contributed by atoms with Crippen molar-refractivity contribution >= 4 is 16.9 Å². The Hall–Kier alpha value is -2.42. The first kappa shape index (κ1) is 15.1. The van der Waals surface area contributed by atoms with E-state index in [1.165, 1.54) is 18.4 Å². The van der Waals surface area contributed by atoms with Crippen molar-refractivity contribution in [3.8, 4) is 11.3 Å². The van der Waals surface area contributed by atoms with Gasteiger partial charge in [-0.1, -0.05) is 48.9 Å². The van der Waals surface area contributed by atoms with Gasteiger partial charge in [-0.3, -0.25) is 0 Å². The first-order chi connectivity index (χ1) is 11.7. The molecule has 24 heavy (non-hydrogen) atoms. The summed E-state index contributed by atoms with van der Waals surface area (Å²) in [5, 5.41) is 1.13. The van der Waals surface area contributed by atoms with Crippen LogP contribution in [0.3, 0.4) is 0 Å². The molecule has 0 bridgehead atoms. The van der Waals surface area contributed by atoms with E-state index in [9.17, 15) is 0 Å². The molecular weight excluding hydrogens is 294 g/mol. The van der Waals surface area contributed by atoms with Crippen LogP contribution in [0.4, 0.5) is 5.95 Å². The number of piperidine rings is 1. The minimum absolute atomic E-state index is 0.705. The Morgan fingerprint density at radius 2 is 1.88 bits per heavy atom. The molecule has 3 aromatic rings. The molecule has 0 amide bonds. The van der Waals surface area contributed by atoms with Gasteiger partial charge in [-0.15, -0.1) is 0 Å². The van der Waals surface area contributed by atoms with Crippen molar-refractivity contribution in [1.82, 2.24) is 9.97 Å². The Labute approximate surface area is 143 Å². The summed E-state index contributed by atoms with van der Waals surface area (Å²) in [7, 11) is 0. The molecule has 1 aliphatic rings. The number of aromatic nitrogens is 2. The van der Waals surface area contributed by atoms with E-state index in [0.29, 0.717) is 5.92 Å². The van der Waals surface area contributed by atoms with Crippen LogP contribution < -0.4 is 4.90 Å². The monoisotopic (exact) mass is 317 g/mol. The Morgan fingerprint density at radius 3 is 2.67 bits per heavy atom. The van der Waals surface area contributed by atoms with Gasteiger partial charge in [-0.05, 0) is 37.8 Å². The first-order valence-corrected chi connectivity index (χ1v) is 8.79. The largest absolute Gasteiger partial charge is 0.341 e. The van der Waals surface area contributed by atoms with Crippen LogP contribution in [0.1, 0.15) is 25.3 Å². The zero-order valence-electron chi connectivity index (χ0n) is 14.4. The zero-order valence-corrected chi connectivity index (χ0v) is 14.4. The molecule has 1 aromatic heterocycles. The minimum Gasteiger partial charge on any atom is -0.341 e. The Bertz CT molecular complexity index is 858. The van der Waals surface area contributed by atoms with Crippen molar-refractivity contribution in [3.05, 3.63) is 54.1 Å². The van der Waals surface area contributed by atoms with Gasteiger partial charge in [-0.25, -0.2) is 9.97 Å². The molecule has 0 N–H and O–H groups in total. The summed E-state index contributed by atoms with van der Waals surface area (Å²) in [5.74, 6) is 1.58. The number of rotatable bonds is 2. The predicted molar refractivity (Wildman–Crippen MR) is 100 cm³/mol. The molecule has 0 saturated carbocycles. The smallest absolute Gasteiger partial charge is 0.226 e. The number of aryl methyl sites for hydroxylation is 1. The standard InChI is InChI=1S/C21H23N3/c1-15-10-11-19-18(13-15)20(17-8-4-3-5-9-17)23-21(22-19)24-12-6-7-16(2)14-24/h3-5,8-11,13,16H,6-7,12,14H2,1-2H3/t16-/m1/s1. The zero-order chi connectivity index (χ0) is 16.5. The number of anilines is 1. The summed E-state index contributed by atoms with van der Waals surface area (Å²) in [5.41, 5.74) is 4.46. The highest BCUT2D eigenvalue weighted by molar-refractivity contribution is 5.93. The Kier molecular flexibility index (Phi) is 3.93. The van der Waals surface area contributed by atoms with Gasteiger partial charge in [0.15, 0.2) is 0 Å². The van der Waals surface area contributed by atoms with Gasteiger partial charge in [0, 0.05) is 24.0 Å². The van der Waals surface area contributed by atoms with Crippen molar-refractivity contribution < 1.29 is 0 Å². The van der Waals surface area contributed by atoms with Gasteiger partial charge in [0.05, 0.1) is 11.2 Å². The van der Waals surface area contributed by atoms with Gasteiger partial charge >= 0.3 is 0 Å². The van der Waals surface area contributed by atoms with Gasteiger partial charge < -0.3 is 4.90 Å². The lowest BCUT2D eigenvalue weighted by atomic mass is 10.0. The van der Waals surface area contributed by atoms with Crippen molar-refractivity contribution in [2.75, 3.05) is 18.0 Å². The second-order valence-corrected chi connectivity index (χ2v) is 6.95. The van der Waals surface area contributed by atoms with Crippen LogP contribution in [-0.2, 0) is 0 Å². The summed E-state index contributed by atoms with van der Waals surface area (Å²) in [6.45, 7) is 6.53. The van der Waals surface area contributed by atoms with Gasteiger partial charge in [0.25, 0.3) is 0 Å². The first-order valence-electron chi connectivity index (χ1n) is 8.79. The Balaban J connectivity index is 1.89. The maximum absolute atomic E-state index is 4.99. The lowest BCUT2D eigenvalue weighted by molar-refractivity contribution is 0.442. The van der Waals surface area contributed by atoms with Crippen LogP contribution in [0.2, 0.25) is 0 Å². The van der Waals surface area contributed by atoms with Crippen LogP contribution in [0, 0.1) is 12.8 Å². The molecule has 3 nitrogen and oxygen atoms in total. The quantitative estimate of drug-likeness (QED) is 0.677. The van der Waals surface area contributed by atoms with E-state index in [4.69, 9.17) is 9.97 Å². The molecular formula is C21H23N3. The molecule has 0 unspecified atom stereocenters. The average molecular weight is 317 g/mol. The second kappa shape index (κ2) is 6.23. The molecule has 2 heterocycles. The highest BCUT2D eigenvalue weighted by Crippen LogP contribution is 2.30. The fraction of sp³-hybridized carbons (Fsp3) is 0.333. The van der Waals surface area contributed by atoms with E-state index in [1.54, 1.807) is 0 Å². The van der Waals surface area contributed by atoms with Crippen molar-refractivity contribution in [2.45, 2.75) is 26.7 Å². The summed E-state index contributed by atoms with van der Waals surface area (Å²) >= 11 is 0. The van der Waals surface area contributed by atoms with Crippen molar-refractivity contribution in [1.29, 1.82) is 0 Å². The molecule has 0 spiro atoms. The molecule has 122 valence electrons. The normalized spacial score (nSPS) is 18.1. The number of nitrogens with zero attached hydrogens (tertiary/aromatic N) is 3. The van der Waals surface area contributed by atoms with Gasteiger partial charge in [-0.2, -0.15) is 0 Å². The fourth-order valence-corrected chi connectivity index (χ4v) is 3.56. The molecule has 0 radical (unpaired) electrons. The Morgan fingerprint density at radius 1 is 1.04 bits per heavy atom. The minimum atomic E-state index is 0.705. The van der Waals surface area contributed by atoms with E-state index >= 15 is 0 Å². The molecule has 4 rings (SSSR count). The fourth-order valence-electron chi connectivity index (χ4n) is 3.56. The van der Waals surface area contributed by atoms with Crippen LogP contribution in [0.5, 0.6) is 0 Å². The second-order valence-electron chi connectivity index (χ2n) is 6.95. The van der Waals surface area contributed by atoms with Crippen molar-refractivity contribution in [3.63, 3.8) is 0 Å². The van der Waals surface area contributed by atoms with Crippen LogP contribution in [-0.4, -0.2) is 23.1 Å². The maximum atomic E-state index is 4.99. The lowest BCUT2D eigenvalue weighted by Gasteiger charge is -2.31. The van der Waals surface area contributed by atoms with E-state index < -0.39 is 0 Å². The molecule has 1 atom stereocenters. The molecule has 1 aliphatic heterocycles. The van der Waals surface area contributed by atoms with Crippen LogP contribution in [0.15, 0.2) is 48.5 Å². The predicted octanol–water partition coefficient (Wildman–Crippen LogP) is 4.84. The average Bonchev–Trinajstić information content (AvgIpc) is 2.61. The lowest BCUT2D eigenvalue weighted by Crippen LogP contribution is -2.35. The van der Waals surface area contributed by atoms with E-state index in [0.717, 1.165) is 41.2 Å². The van der Waals surface area contributed by atoms with Gasteiger partial charge in [0.2, 0.25) is 5.95 Å². The van der Waals surface area contributed by atoms with Crippen molar-refractivity contribution in [2.24, 2.45) is 5.92 Å². The summed E-state index contributed by atoms with van der Waals surface area (Å²) in [4.78, 5) is 12.2. The summed E-state index contributed by atoms with van der Waals surface area (Å²) < 4.78 is 0. The molecule has 1 saturated heterocycles. The third-order valence-electron chi connectivity index (χ3n) is 4.83. The summed E-state index contributed by atoms with van der Waals surface area (Å²) in [6.07, 6.45) is 2.52. The highest BCUT2D eigenvalue weighted by Gasteiger charge is 2.20. The number of hydrogen-bond acceptors (Lipinski definition) is 3. The van der Waals surface area contributed by atoms with Crippen LogP contribution in [0.25, 0.3) is 22.2 Å². The SMILES string of the molecule is Cc1ccc2nc(N3CCC[C@@H](C)C3)nc(-c3ccccc3)c2c1. The van der Waals surface area contributed by atoms with E-state index in [2.05, 4.69) is 61.2 Å². The van der Waals surface area contributed by atoms with E-state index in [-0.39, 0.29) is 0 Å². The molecule has 1 fully saturated rings. The number of fused-ring (bicyclic) bond motifs is 1. The van der Waals surface area contributed by atoms with Crippen LogP contribution >= 0.6 is 0 Å². The molecule has 3 heteroatoms. The number of benzene rings is 2. The third kappa shape index (κ3) is 2.86. The third-order valence-corrected chi connectivity index (χ3v) is 4.83.